The van der Waals surface area contributed by atoms with Crippen molar-refractivity contribution < 1.29 is 22.7 Å². The van der Waals surface area contributed by atoms with Crippen LogP contribution in [0.4, 0.5) is 5.69 Å². The number of hydrogen-bond acceptors (Lipinski definition) is 5. The van der Waals surface area contributed by atoms with Gasteiger partial charge in [0.2, 0.25) is 21.8 Å². The number of rotatable bonds is 12. The lowest BCUT2D eigenvalue weighted by Crippen LogP contribution is -2.53. The Kier molecular flexibility index (Phi) is 10.6. The molecule has 0 saturated carbocycles. The Balaban J connectivity index is 2.06. The van der Waals surface area contributed by atoms with Gasteiger partial charge in [-0.15, -0.1) is 0 Å². The van der Waals surface area contributed by atoms with E-state index in [1.165, 1.54) is 30.2 Å². The van der Waals surface area contributed by atoms with Crippen molar-refractivity contribution in [3.8, 4) is 5.75 Å². The van der Waals surface area contributed by atoms with Crippen LogP contribution in [0.1, 0.15) is 18.1 Å². The molecule has 2 amide bonds. The van der Waals surface area contributed by atoms with Crippen LogP contribution < -0.4 is 14.4 Å². The standard InChI is InChI=1S/C28H31Cl2N3O5S/c1-4-31-28(35)26(16-20-9-6-5-7-10-20)32(18-21-11-8-12-23(15-21)38-2)27(34)19-33(39(3,36)37)22-13-14-24(29)25(30)17-22/h5-15,17,26H,4,16,18-19H2,1-3H3,(H,31,35)/t26-/m0/s1. The first-order valence-corrected chi connectivity index (χ1v) is 14.8. The van der Waals surface area contributed by atoms with Gasteiger partial charge < -0.3 is 15.0 Å². The Bertz CT molecular complexity index is 1400. The predicted molar refractivity (Wildman–Crippen MR) is 155 cm³/mol. The number of likely N-dealkylation sites (N-methyl/N-ethyl adjacent to an activating group) is 1. The predicted octanol–water partition coefficient (Wildman–Crippen LogP) is 4.54. The zero-order valence-electron chi connectivity index (χ0n) is 21.9. The molecule has 11 heteroatoms. The molecule has 1 N–H and O–H groups in total. The second-order valence-corrected chi connectivity index (χ2v) is 11.6. The normalized spacial score (nSPS) is 11.9. The molecule has 0 radical (unpaired) electrons. The molecule has 3 rings (SSSR count). The molecule has 0 heterocycles. The van der Waals surface area contributed by atoms with Crippen molar-refractivity contribution in [1.82, 2.24) is 10.2 Å². The second kappa shape index (κ2) is 13.7. The zero-order chi connectivity index (χ0) is 28.6. The molecule has 0 aliphatic carbocycles. The number of anilines is 1. The fourth-order valence-electron chi connectivity index (χ4n) is 4.07. The third-order valence-electron chi connectivity index (χ3n) is 5.98. The number of halogens is 2. The molecule has 0 unspecified atom stereocenters. The first-order chi connectivity index (χ1) is 18.5. The average molecular weight is 593 g/mol. The van der Waals surface area contributed by atoms with Crippen molar-refractivity contribution in [1.29, 1.82) is 0 Å². The molecule has 0 aromatic heterocycles. The van der Waals surface area contributed by atoms with Crippen LogP contribution in [0.15, 0.2) is 72.8 Å². The molecule has 0 saturated heterocycles. The second-order valence-electron chi connectivity index (χ2n) is 8.84. The number of sulfonamides is 1. The Morgan fingerprint density at radius 2 is 1.64 bits per heavy atom. The van der Waals surface area contributed by atoms with E-state index < -0.39 is 28.5 Å². The minimum absolute atomic E-state index is 0.0453. The van der Waals surface area contributed by atoms with Crippen LogP contribution in [0.25, 0.3) is 0 Å². The van der Waals surface area contributed by atoms with Crippen molar-refractivity contribution >= 4 is 50.7 Å². The molecule has 0 spiro atoms. The van der Waals surface area contributed by atoms with Crippen molar-refractivity contribution in [2.75, 3.05) is 30.8 Å². The summed E-state index contributed by atoms with van der Waals surface area (Å²) in [5.41, 5.74) is 1.74. The monoisotopic (exact) mass is 591 g/mol. The maximum Gasteiger partial charge on any atom is 0.244 e. The van der Waals surface area contributed by atoms with E-state index in [-0.39, 0.29) is 34.6 Å². The molecule has 208 valence electrons. The van der Waals surface area contributed by atoms with Crippen molar-refractivity contribution in [2.24, 2.45) is 0 Å². The van der Waals surface area contributed by atoms with Gasteiger partial charge in [-0.2, -0.15) is 0 Å². The molecular formula is C28H31Cl2N3O5S. The van der Waals surface area contributed by atoms with Crippen LogP contribution in [0.3, 0.4) is 0 Å². The minimum atomic E-state index is -3.91. The van der Waals surface area contributed by atoms with Gasteiger partial charge in [0.1, 0.15) is 18.3 Å². The molecule has 0 aliphatic heterocycles. The van der Waals surface area contributed by atoms with Gasteiger partial charge in [-0.25, -0.2) is 8.42 Å². The van der Waals surface area contributed by atoms with Crippen LogP contribution in [-0.4, -0.2) is 57.6 Å². The van der Waals surface area contributed by atoms with Gasteiger partial charge in [0.25, 0.3) is 0 Å². The molecule has 0 aliphatic rings. The quantitative estimate of drug-likeness (QED) is 0.333. The van der Waals surface area contributed by atoms with E-state index in [0.29, 0.717) is 17.9 Å². The summed E-state index contributed by atoms with van der Waals surface area (Å²) in [6.07, 6.45) is 1.23. The lowest BCUT2D eigenvalue weighted by Gasteiger charge is -2.33. The molecule has 0 fully saturated rings. The fourth-order valence-corrected chi connectivity index (χ4v) is 5.20. The number of hydrogen-bond donors (Lipinski definition) is 1. The van der Waals surface area contributed by atoms with E-state index in [1.807, 2.05) is 36.4 Å². The van der Waals surface area contributed by atoms with Crippen LogP contribution in [0, 0.1) is 0 Å². The third kappa shape index (κ3) is 8.36. The summed E-state index contributed by atoms with van der Waals surface area (Å²) >= 11 is 12.2. The summed E-state index contributed by atoms with van der Waals surface area (Å²) < 4.78 is 31.9. The van der Waals surface area contributed by atoms with Crippen molar-refractivity contribution in [3.05, 3.63) is 94.0 Å². The van der Waals surface area contributed by atoms with Gasteiger partial charge in [-0.3, -0.25) is 13.9 Å². The first kappa shape index (κ1) is 30.3. The highest BCUT2D eigenvalue weighted by Gasteiger charge is 2.33. The van der Waals surface area contributed by atoms with Gasteiger partial charge in [0.05, 0.1) is 29.1 Å². The number of nitrogens with one attached hydrogen (secondary N) is 1. The molecule has 3 aromatic rings. The number of methoxy groups -OCH3 is 1. The summed E-state index contributed by atoms with van der Waals surface area (Å²) in [7, 11) is -2.37. The van der Waals surface area contributed by atoms with E-state index >= 15 is 0 Å². The van der Waals surface area contributed by atoms with E-state index in [0.717, 1.165) is 16.1 Å². The van der Waals surface area contributed by atoms with E-state index in [2.05, 4.69) is 5.32 Å². The fraction of sp³-hybridized carbons (Fsp3) is 0.286. The minimum Gasteiger partial charge on any atom is -0.497 e. The average Bonchev–Trinajstić information content (AvgIpc) is 2.91. The van der Waals surface area contributed by atoms with Gasteiger partial charge in [0.15, 0.2) is 0 Å². The number of nitrogens with zero attached hydrogens (tertiary/aromatic N) is 2. The molecule has 0 bridgehead atoms. The summed E-state index contributed by atoms with van der Waals surface area (Å²) in [5.74, 6) is -0.328. The summed E-state index contributed by atoms with van der Waals surface area (Å²) in [6.45, 7) is 1.65. The summed E-state index contributed by atoms with van der Waals surface area (Å²) in [6, 6.07) is 19.9. The maximum atomic E-state index is 14.0. The van der Waals surface area contributed by atoms with E-state index in [4.69, 9.17) is 27.9 Å². The highest BCUT2D eigenvalue weighted by atomic mass is 35.5. The highest BCUT2D eigenvalue weighted by Crippen LogP contribution is 2.29. The molecule has 8 nitrogen and oxygen atoms in total. The molecule has 1 atom stereocenters. The summed E-state index contributed by atoms with van der Waals surface area (Å²) in [5, 5.41) is 3.21. The van der Waals surface area contributed by atoms with Crippen LogP contribution >= 0.6 is 23.2 Å². The molecular weight excluding hydrogens is 561 g/mol. The van der Waals surface area contributed by atoms with Gasteiger partial charge in [-0.05, 0) is 48.4 Å². The van der Waals surface area contributed by atoms with Gasteiger partial charge >= 0.3 is 0 Å². The zero-order valence-corrected chi connectivity index (χ0v) is 24.3. The van der Waals surface area contributed by atoms with Crippen LogP contribution in [0.5, 0.6) is 5.75 Å². The lowest BCUT2D eigenvalue weighted by atomic mass is 10.0. The van der Waals surface area contributed by atoms with E-state index in [9.17, 15) is 18.0 Å². The van der Waals surface area contributed by atoms with Crippen LogP contribution in [0.2, 0.25) is 10.0 Å². The maximum absolute atomic E-state index is 14.0. The Morgan fingerprint density at radius 1 is 0.949 bits per heavy atom. The number of carbonyl (C=O) groups excluding carboxylic acids is 2. The van der Waals surface area contributed by atoms with Gasteiger partial charge in [0, 0.05) is 19.5 Å². The van der Waals surface area contributed by atoms with Crippen molar-refractivity contribution in [2.45, 2.75) is 25.9 Å². The van der Waals surface area contributed by atoms with Crippen LogP contribution in [-0.2, 0) is 32.6 Å². The molecule has 39 heavy (non-hydrogen) atoms. The van der Waals surface area contributed by atoms with Crippen molar-refractivity contribution in [3.63, 3.8) is 0 Å². The Labute approximate surface area is 239 Å². The number of benzene rings is 3. The van der Waals surface area contributed by atoms with E-state index in [1.54, 1.807) is 25.1 Å². The summed E-state index contributed by atoms with van der Waals surface area (Å²) in [4.78, 5) is 28.7. The highest BCUT2D eigenvalue weighted by molar-refractivity contribution is 7.92. The Hall–Kier alpha value is -3.27. The Morgan fingerprint density at radius 3 is 2.26 bits per heavy atom. The number of carbonyl (C=O) groups is 2. The smallest absolute Gasteiger partial charge is 0.244 e. The topological polar surface area (TPSA) is 96.0 Å². The number of amides is 2. The SMILES string of the molecule is CCNC(=O)[C@H](Cc1ccccc1)N(Cc1cccc(OC)c1)C(=O)CN(c1ccc(Cl)c(Cl)c1)S(C)(=O)=O. The largest absolute Gasteiger partial charge is 0.497 e. The lowest BCUT2D eigenvalue weighted by molar-refractivity contribution is -0.140. The van der Waals surface area contributed by atoms with Gasteiger partial charge in [-0.1, -0.05) is 65.7 Å². The number of ether oxygens (including phenoxy) is 1. The molecule has 3 aromatic carbocycles. The third-order valence-corrected chi connectivity index (χ3v) is 7.86. The first-order valence-electron chi connectivity index (χ1n) is 12.2.